The summed E-state index contributed by atoms with van der Waals surface area (Å²) in [5.41, 5.74) is 2.66. The van der Waals surface area contributed by atoms with E-state index in [1.807, 2.05) is 25.1 Å². The molecule has 0 radical (unpaired) electrons. The molecule has 8 heteroatoms. The molecular formula is C19H25ClN4O2Si. The minimum Gasteiger partial charge on any atom is -0.464 e. The first-order valence-corrected chi connectivity index (χ1v) is 13.1. The molecule has 3 aromatic rings. The topological polar surface area (TPSA) is 62.1 Å². The van der Waals surface area contributed by atoms with Crippen LogP contribution in [-0.2, 0) is 11.5 Å². The van der Waals surface area contributed by atoms with E-state index in [0.29, 0.717) is 24.5 Å². The van der Waals surface area contributed by atoms with Gasteiger partial charge in [-0.15, -0.1) is 0 Å². The Morgan fingerprint density at radius 2 is 2.00 bits per heavy atom. The number of rotatable bonds is 8. The lowest BCUT2D eigenvalue weighted by Crippen LogP contribution is -2.22. The standard InChI is InChI=1S/C19H25ClN4O2Si/c1-5-26-19-21-7-6-15(23-19)17-10-14-12-22-18(20)11-16(14)24(17)13-25-8-9-27(2,3)4/h6-7,10-12H,5,8-9,13H2,1-4H3. The van der Waals surface area contributed by atoms with Crippen molar-refractivity contribution in [2.45, 2.75) is 39.3 Å². The van der Waals surface area contributed by atoms with Crippen molar-refractivity contribution < 1.29 is 9.47 Å². The van der Waals surface area contributed by atoms with Gasteiger partial charge in [-0.05, 0) is 31.2 Å². The number of ether oxygens (including phenoxy) is 2. The van der Waals surface area contributed by atoms with Crippen molar-refractivity contribution in [1.29, 1.82) is 0 Å². The average molecular weight is 405 g/mol. The van der Waals surface area contributed by atoms with Crippen molar-refractivity contribution in [3.8, 4) is 17.4 Å². The molecule has 0 spiro atoms. The predicted molar refractivity (Wildman–Crippen MR) is 111 cm³/mol. The van der Waals surface area contributed by atoms with E-state index in [2.05, 4.69) is 39.2 Å². The molecule has 27 heavy (non-hydrogen) atoms. The molecule has 0 amide bonds. The monoisotopic (exact) mass is 404 g/mol. The molecule has 0 aliphatic heterocycles. The van der Waals surface area contributed by atoms with Crippen LogP contribution in [0.15, 0.2) is 30.6 Å². The van der Waals surface area contributed by atoms with Gasteiger partial charge in [-0.3, -0.25) is 0 Å². The Morgan fingerprint density at radius 1 is 1.19 bits per heavy atom. The van der Waals surface area contributed by atoms with Gasteiger partial charge in [0.25, 0.3) is 0 Å². The molecule has 0 N–H and O–H groups in total. The number of pyridine rings is 1. The molecule has 6 nitrogen and oxygen atoms in total. The van der Waals surface area contributed by atoms with Gasteiger partial charge in [-0.1, -0.05) is 31.2 Å². The molecule has 0 saturated carbocycles. The molecule has 0 aromatic carbocycles. The average Bonchev–Trinajstić information content (AvgIpc) is 2.96. The van der Waals surface area contributed by atoms with Gasteiger partial charge in [0.2, 0.25) is 0 Å². The van der Waals surface area contributed by atoms with E-state index in [4.69, 9.17) is 21.1 Å². The van der Waals surface area contributed by atoms with Crippen LogP contribution in [0.25, 0.3) is 22.3 Å². The molecule has 3 aromatic heterocycles. The summed E-state index contributed by atoms with van der Waals surface area (Å²) in [7, 11) is -1.14. The van der Waals surface area contributed by atoms with E-state index in [1.54, 1.807) is 12.4 Å². The number of hydrogen-bond donors (Lipinski definition) is 0. The quantitative estimate of drug-likeness (QED) is 0.305. The fourth-order valence-corrected chi connectivity index (χ4v) is 3.61. The summed E-state index contributed by atoms with van der Waals surface area (Å²) in [6.07, 6.45) is 3.47. The summed E-state index contributed by atoms with van der Waals surface area (Å²) in [6.45, 7) is 10.6. The van der Waals surface area contributed by atoms with E-state index < -0.39 is 8.07 Å². The third-order valence-electron chi connectivity index (χ3n) is 4.14. The third kappa shape index (κ3) is 5.06. The van der Waals surface area contributed by atoms with E-state index in [1.165, 1.54) is 0 Å². The van der Waals surface area contributed by atoms with Gasteiger partial charge < -0.3 is 14.0 Å². The molecule has 0 bridgehead atoms. The Labute approximate surface area is 165 Å². The van der Waals surface area contributed by atoms with Crippen LogP contribution < -0.4 is 4.74 Å². The molecule has 0 unspecified atom stereocenters. The van der Waals surface area contributed by atoms with E-state index >= 15 is 0 Å². The zero-order valence-electron chi connectivity index (χ0n) is 16.2. The summed E-state index contributed by atoms with van der Waals surface area (Å²) >= 11 is 6.13. The SMILES string of the molecule is CCOc1nccc(-c2cc3cnc(Cl)cc3n2COCC[Si](C)(C)C)n1. The molecule has 0 aliphatic rings. The van der Waals surface area contributed by atoms with Crippen LogP contribution in [0.5, 0.6) is 6.01 Å². The zero-order valence-corrected chi connectivity index (χ0v) is 18.0. The number of fused-ring (bicyclic) bond motifs is 1. The molecule has 0 aliphatic carbocycles. The lowest BCUT2D eigenvalue weighted by molar-refractivity contribution is 0.0912. The summed E-state index contributed by atoms with van der Waals surface area (Å²) in [5.74, 6) is 0. The highest BCUT2D eigenvalue weighted by Gasteiger charge is 2.16. The van der Waals surface area contributed by atoms with Crippen molar-refractivity contribution in [3.63, 3.8) is 0 Å². The summed E-state index contributed by atoms with van der Waals surface area (Å²) < 4.78 is 13.5. The van der Waals surface area contributed by atoms with Crippen molar-refractivity contribution in [1.82, 2.24) is 19.5 Å². The lowest BCUT2D eigenvalue weighted by Gasteiger charge is -2.17. The van der Waals surface area contributed by atoms with Gasteiger partial charge in [-0.25, -0.2) is 9.97 Å². The Hall–Kier alpha value is -1.96. The van der Waals surface area contributed by atoms with Crippen LogP contribution >= 0.6 is 11.6 Å². The van der Waals surface area contributed by atoms with E-state index in [-0.39, 0.29) is 0 Å². The van der Waals surface area contributed by atoms with Crippen LogP contribution in [0.4, 0.5) is 0 Å². The van der Waals surface area contributed by atoms with Gasteiger partial charge in [0.15, 0.2) is 0 Å². The molecule has 0 saturated heterocycles. The molecule has 0 atom stereocenters. The van der Waals surface area contributed by atoms with Crippen molar-refractivity contribution >= 4 is 30.6 Å². The fraction of sp³-hybridized carbons (Fsp3) is 0.421. The molecule has 3 heterocycles. The maximum Gasteiger partial charge on any atom is 0.316 e. The maximum atomic E-state index is 6.13. The highest BCUT2D eigenvalue weighted by Crippen LogP contribution is 2.29. The van der Waals surface area contributed by atoms with Crippen molar-refractivity contribution in [2.24, 2.45) is 0 Å². The number of nitrogens with zero attached hydrogens (tertiary/aromatic N) is 4. The second-order valence-electron chi connectivity index (χ2n) is 7.53. The summed E-state index contributed by atoms with van der Waals surface area (Å²) in [5, 5.41) is 1.44. The Bertz CT molecular complexity index is 924. The van der Waals surface area contributed by atoms with Crippen molar-refractivity contribution in [3.05, 3.63) is 35.7 Å². The molecule has 3 rings (SSSR count). The van der Waals surface area contributed by atoms with E-state index in [9.17, 15) is 0 Å². The zero-order chi connectivity index (χ0) is 19.4. The summed E-state index contributed by atoms with van der Waals surface area (Å²) in [4.78, 5) is 12.9. The first-order chi connectivity index (χ1) is 12.9. The highest BCUT2D eigenvalue weighted by molar-refractivity contribution is 6.76. The van der Waals surface area contributed by atoms with Gasteiger partial charge in [0.1, 0.15) is 11.9 Å². The van der Waals surface area contributed by atoms with Crippen LogP contribution in [0, 0.1) is 0 Å². The second kappa shape index (κ2) is 8.37. The Balaban J connectivity index is 1.95. The minimum absolute atomic E-state index is 0.364. The molecule has 0 fully saturated rings. The first-order valence-electron chi connectivity index (χ1n) is 9.06. The van der Waals surface area contributed by atoms with Crippen LogP contribution in [0.3, 0.4) is 0 Å². The molecular weight excluding hydrogens is 380 g/mol. The van der Waals surface area contributed by atoms with Crippen LogP contribution in [0.1, 0.15) is 6.92 Å². The predicted octanol–water partition coefficient (Wildman–Crippen LogP) is 4.86. The Kier molecular flexibility index (Phi) is 6.14. The lowest BCUT2D eigenvalue weighted by atomic mass is 10.3. The first kappa shape index (κ1) is 19.8. The minimum atomic E-state index is -1.14. The van der Waals surface area contributed by atoms with Gasteiger partial charge in [-0.2, -0.15) is 4.98 Å². The smallest absolute Gasteiger partial charge is 0.316 e. The maximum absolute atomic E-state index is 6.13. The third-order valence-corrected chi connectivity index (χ3v) is 6.05. The largest absolute Gasteiger partial charge is 0.464 e. The molecule has 144 valence electrons. The van der Waals surface area contributed by atoms with Gasteiger partial charge in [0.05, 0.1) is 23.5 Å². The number of aromatic nitrogens is 4. The van der Waals surface area contributed by atoms with Crippen LogP contribution in [-0.4, -0.2) is 40.8 Å². The fourth-order valence-electron chi connectivity index (χ4n) is 2.70. The van der Waals surface area contributed by atoms with Crippen LogP contribution in [0.2, 0.25) is 30.8 Å². The number of halogens is 1. The second-order valence-corrected chi connectivity index (χ2v) is 13.5. The summed E-state index contributed by atoms with van der Waals surface area (Å²) in [6, 6.07) is 7.24. The Morgan fingerprint density at radius 3 is 2.74 bits per heavy atom. The normalized spacial score (nSPS) is 11.9. The number of hydrogen-bond acceptors (Lipinski definition) is 5. The highest BCUT2D eigenvalue weighted by atomic mass is 35.5. The van der Waals surface area contributed by atoms with E-state index in [0.717, 1.165) is 34.9 Å². The van der Waals surface area contributed by atoms with Gasteiger partial charge >= 0.3 is 6.01 Å². The van der Waals surface area contributed by atoms with Crippen molar-refractivity contribution in [2.75, 3.05) is 13.2 Å². The van der Waals surface area contributed by atoms with Gasteiger partial charge in [0, 0.05) is 32.5 Å².